The molecule has 0 aliphatic rings. The van der Waals surface area contributed by atoms with Crippen molar-refractivity contribution >= 4 is 11.6 Å². The van der Waals surface area contributed by atoms with E-state index in [0.29, 0.717) is 17.0 Å². The third-order valence-electron chi connectivity index (χ3n) is 3.88. The van der Waals surface area contributed by atoms with Gasteiger partial charge in [0.25, 0.3) is 0 Å². The van der Waals surface area contributed by atoms with Gasteiger partial charge in [0.15, 0.2) is 0 Å². The Morgan fingerprint density at radius 1 is 1.10 bits per heavy atom. The number of aryl methyl sites for hydroxylation is 2. The summed E-state index contributed by atoms with van der Waals surface area (Å²) in [5.41, 5.74) is 4.90. The van der Waals surface area contributed by atoms with Crippen LogP contribution in [0.15, 0.2) is 30.7 Å². The Hall–Kier alpha value is -1.41. The Labute approximate surface area is 132 Å². The summed E-state index contributed by atoms with van der Waals surface area (Å²) in [5, 5.41) is 0.627. The zero-order valence-electron chi connectivity index (χ0n) is 13.2. The Morgan fingerprint density at radius 2 is 1.86 bits per heavy atom. The van der Waals surface area contributed by atoms with E-state index in [1.54, 1.807) is 0 Å². The van der Waals surface area contributed by atoms with Crippen LogP contribution in [-0.2, 0) is 6.42 Å². The topological polar surface area (TPSA) is 25.8 Å². The number of rotatable bonds is 5. The fourth-order valence-electron chi connectivity index (χ4n) is 2.42. The maximum Gasteiger partial charge on any atom is 0.132 e. The number of pyridine rings is 2. The Kier molecular flexibility index (Phi) is 5.35. The molecule has 2 heterocycles. The molecule has 1 unspecified atom stereocenters. The lowest BCUT2D eigenvalue weighted by Gasteiger charge is -2.14. The van der Waals surface area contributed by atoms with Crippen LogP contribution in [0.25, 0.3) is 0 Å². The molecule has 0 aliphatic carbocycles. The summed E-state index contributed by atoms with van der Waals surface area (Å²) >= 11 is 6.22. The first-order valence-corrected chi connectivity index (χ1v) is 7.91. The molecule has 0 N–H and O–H groups in total. The van der Waals surface area contributed by atoms with Crippen molar-refractivity contribution in [3.05, 3.63) is 58.1 Å². The minimum atomic E-state index is 0.396. The van der Waals surface area contributed by atoms with E-state index < -0.39 is 0 Å². The number of halogens is 1. The van der Waals surface area contributed by atoms with Gasteiger partial charge in [-0.05, 0) is 53.9 Å². The Morgan fingerprint density at radius 3 is 2.57 bits per heavy atom. The number of aromatic nitrogens is 2. The van der Waals surface area contributed by atoms with Crippen molar-refractivity contribution in [1.29, 1.82) is 0 Å². The Balaban J connectivity index is 2.05. The molecule has 112 valence electrons. The van der Waals surface area contributed by atoms with E-state index in [1.807, 2.05) is 18.6 Å². The highest BCUT2D eigenvalue weighted by Gasteiger charge is 2.12. The van der Waals surface area contributed by atoms with E-state index in [-0.39, 0.29) is 0 Å². The van der Waals surface area contributed by atoms with Gasteiger partial charge in [-0.25, -0.2) is 4.98 Å². The van der Waals surface area contributed by atoms with Crippen LogP contribution in [0.4, 0.5) is 0 Å². The number of hydrogen-bond donors (Lipinski definition) is 0. The number of hydrogen-bond acceptors (Lipinski definition) is 2. The lowest BCUT2D eigenvalue weighted by molar-refractivity contribution is 0.674. The number of nitrogens with zero attached hydrogens (tertiary/aromatic N) is 2. The lowest BCUT2D eigenvalue weighted by atomic mass is 9.94. The zero-order chi connectivity index (χ0) is 15.4. The molecule has 0 amide bonds. The first kappa shape index (κ1) is 16.0. The van der Waals surface area contributed by atoms with E-state index in [2.05, 4.69) is 49.8 Å². The highest BCUT2D eigenvalue weighted by Crippen LogP contribution is 2.27. The van der Waals surface area contributed by atoms with Crippen molar-refractivity contribution in [2.45, 2.75) is 52.4 Å². The van der Waals surface area contributed by atoms with Crippen molar-refractivity contribution in [1.82, 2.24) is 9.97 Å². The highest BCUT2D eigenvalue weighted by molar-refractivity contribution is 6.30. The Bertz CT molecular complexity index is 608. The van der Waals surface area contributed by atoms with Crippen molar-refractivity contribution in [3.63, 3.8) is 0 Å². The molecule has 2 nitrogen and oxygen atoms in total. The SMILES string of the molecule is Cc1cnc(Cl)c(C(C)CCc2cncc(C(C)C)c2)c1. The molecule has 0 saturated carbocycles. The summed E-state index contributed by atoms with van der Waals surface area (Å²) in [6, 6.07) is 4.41. The fourth-order valence-corrected chi connectivity index (χ4v) is 2.71. The molecule has 0 aliphatic heterocycles. The second kappa shape index (κ2) is 7.04. The lowest BCUT2D eigenvalue weighted by Crippen LogP contribution is -2.00. The van der Waals surface area contributed by atoms with Gasteiger partial charge in [0.2, 0.25) is 0 Å². The van der Waals surface area contributed by atoms with E-state index in [1.165, 1.54) is 11.1 Å². The molecule has 0 fully saturated rings. The van der Waals surface area contributed by atoms with Gasteiger partial charge in [0.05, 0.1) is 0 Å². The first-order valence-electron chi connectivity index (χ1n) is 7.53. The molecule has 0 aromatic carbocycles. The molecule has 1 atom stereocenters. The largest absolute Gasteiger partial charge is 0.264 e. The predicted molar refractivity (Wildman–Crippen MR) is 89.0 cm³/mol. The van der Waals surface area contributed by atoms with Crippen LogP contribution in [0.1, 0.15) is 61.3 Å². The van der Waals surface area contributed by atoms with Crippen LogP contribution >= 0.6 is 11.6 Å². The van der Waals surface area contributed by atoms with E-state index >= 15 is 0 Å². The van der Waals surface area contributed by atoms with Crippen molar-refractivity contribution < 1.29 is 0 Å². The summed E-state index contributed by atoms with van der Waals surface area (Å²) in [4.78, 5) is 8.59. The van der Waals surface area contributed by atoms with Crippen LogP contribution in [-0.4, -0.2) is 9.97 Å². The average Bonchev–Trinajstić information content (AvgIpc) is 2.47. The predicted octanol–water partition coefficient (Wildman–Crippen LogP) is 5.30. The molecule has 2 aromatic heterocycles. The minimum Gasteiger partial charge on any atom is -0.264 e. The average molecular weight is 303 g/mol. The van der Waals surface area contributed by atoms with Gasteiger partial charge in [-0.3, -0.25) is 4.98 Å². The summed E-state index contributed by atoms with van der Waals surface area (Å²) in [6.07, 6.45) is 7.80. The van der Waals surface area contributed by atoms with Crippen LogP contribution in [0, 0.1) is 6.92 Å². The van der Waals surface area contributed by atoms with Gasteiger partial charge in [-0.2, -0.15) is 0 Å². The highest BCUT2D eigenvalue weighted by atomic mass is 35.5. The van der Waals surface area contributed by atoms with Gasteiger partial charge in [-0.1, -0.05) is 44.5 Å². The van der Waals surface area contributed by atoms with Crippen molar-refractivity contribution in [2.75, 3.05) is 0 Å². The van der Waals surface area contributed by atoms with Crippen molar-refractivity contribution in [2.24, 2.45) is 0 Å². The third kappa shape index (κ3) is 4.28. The molecule has 2 aromatic rings. The van der Waals surface area contributed by atoms with Crippen molar-refractivity contribution in [3.8, 4) is 0 Å². The molecular formula is C18H23ClN2. The summed E-state index contributed by atoms with van der Waals surface area (Å²) in [6.45, 7) is 8.65. The second-order valence-electron chi connectivity index (χ2n) is 6.11. The summed E-state index contributed by atoms with van der Waals surface area (Å²) in [5.74, 6) is 0.915. The smallest absolute Gasteiger partial charge is 0.132 e. The van der Waals surface area contributed by atoms with E-state index in [0.717, 1.165) is 24.0 Å². The van der Waals surface area contributed by atoms with Gasteiger partial charge in [0, 0.05) is 18.6 Å². The second-order valence-corrected chi connectivity index (χ2v) is 6.47. The minimum absolute atomic E-state index is 0.396. The standard InChI is InChI=1S/C18H23ClN2/c1-12(2)16-8-15(10-20-11-16)6-5-14(4)17-7-13(3)9-21-18(17)19/h7-12,14H,5-6H2,1-4H3. The molecule has 0 spiro atoms. The van der Waals surface area contributed by atoms with Crippen LogP contribution in [0.2, 0.25) is 5.15 Å². The molecule has 0 saturated heterocycles. The quantitative estimate of drug-likeness (QED) is 0.701. The summed E-state index contributed by atoms with van der Waals surface area (Å²) < 4.78 is 0. The molecule has 0 bridgehead atoms. The van der Waals surface area contributed by atoms with Crippen LogP contribution in [0.5, 0.6) is 0 Å². The monoisotopic (exact) mass is 302 g/mol. The van der Waals surface area contributed by atoms with E-state index in [9.17, 15) is 0 Å². The van der Waals surface area contributed by atoms with Gasteiger partial charge >= 0.3 is 0 Å². The molecular weight excluding hydrogens is 280 g/mol. The van der Waals surface area contributed by atoms with Gasteiger partial charge in [-0.15, -0.1) is 0 Å². The van der Waals surface area contributed by atoms with Gasteiger partial charge in [0.1, 0.15) is 5.15 Å². The fraction of sp³-hybridized carbons (Fsp3) is 0.444. The van der Waals surface area contributed by atoms with Crippen LogP contribution in [0.3, 0.4) is 0 Å². The normalized spacial score (nSPS) is 12.7. The van der Waals surface area contributed by atoms with Gasteiger partial charge < -0.3 is 0 Å². The molecule has 3 heteroatoms. The van der Waals surface area contributed by atoms with E-state index in [4.69, 9.17) is 11.6 Å². The summed E-state index contributed by atoms with van der Waals surface area (Å²) in [7, 11) is 0. The first-order chi connectivity index (χ1) is 9.97. The van der Waals surface area contributed by atoms with Crippen LogP contribution < -0.4 is 0 Å². The maximum atomic E-state index is 6.22. The zero-order valence-corrected chi connectivity index (χ0v) is 14.0. The molecule has 2 rings (SSSR count). The maximum absolute atomic E-state index is 6.22. The molecule has 21 heavy (non-hydrogen) atoms. The third-order valence-corrected chi connectivity index (χ3v) is 4.20. The molecule has 0 radical (unpaired) electrons.